The summed E-state index contributed by atoms with van der Waals surface area (Å²) < 4.78 is 2.38. The Labute approximate surface area is 354 Å². The van der Waals surface area contributed by atoms with Gasteiger partial charge in [0.05, 0.1) is 16.4 Å². The van der Waals surface area contributed by atoms with E-state index >= 15 is 0 Å². The summed E-state index contributed by atoms with van der Waals surface area (Å²) in [6.45, 7) is 0. The number of fused-ring (bicyclic) bond motifs is 10. The molecule has 2 aliphatic carbocycles. The molecule has 0 saturated carbocycles. The zero-order valence-electron chi connectivity index (χ0n) is 33.3. The van der Waals surface area contributed by atoms with Crippen molar-refractivity contribution >= 4 is 49.6 Å². The highest BCUT2D eigenvalue weighted by Gasteiger charge is 2.53. The summed E-state index contributed by atoms with van der Waals surface area (Å²) in [4.78, 5) is 2.37. The first-order valence-corrected chi connectivity index (χ1v) is 21.2. The Bertz CT molecular complexity index is 3410. The molecular formula is C59H38N2. The lowest BCUT2D eigenvalue weighted by atomic mass is 9.58. The highest BCUT2D eigenvalue weighted by Crippen LogP contribution is 2.64. The Morgan fingerprint density at radius 2 is 0.803 bits per heavy atom. The van der Waals surface area contributed by atoms with E-state index in [4.69, 9.17) is 0 Å². The first-order valence-electron chi connectivity index (χ1n) is 21.2. The molecule has 0 atom stereocenters. The van der Waals surface area contributed by atoms with E-state index in [-0.39, 0.29) is 5.41 Å². The first kappa shape index (κ1) is 34.0. The molecule has 11 aromatic rings. The quantitative estimate of drug-likeness (QED) is 0.163. The molecule has 1 heterocycles. The maximum absolute atomic E-state index is 2.46. The second kappa shape index (κ2) is 13.0. The van der Waals surface area contributed by atoms with Crippen LogP contribution in [-0.4, -0.2) is 4.57 Å². The molecule has 61 heavy (non-hydrogen) atoms. The van der Waals surface area contributed by atoms with E-state index in [0.29, 0.717) is 0 Å². The van der Waals surface area contributed by atoms with E-state index in [1.54, 1.807) is 0 Å². The molecule has 1 aromatic heterocycles. The summed E-state index contributed by atoms with van der Waals surface area (Å²) in [5, 5.41) is 5.25. The Hall–Kier alpha value is -7.94. The van der Waals surface area contributed by atoms with Crippen LogP contribution in [0, 0.1) is 0 Å². The average Bonchev–Trinajstić information content (AvgIpc) is 3.84. The van der Waals surface area contributed by atoms with Gasteiger partial charge in [-0.1, -0.05) is 164 Å². The fourth-order valence-corrected chi connectivity index (χ4v) is 10.7. The van der Waals surface area contributed by atoms with E-state index in [1.165, 1.54) is 88.2 Å². The van der Waals surface area contributed by atoms with Crippen LogP contribution in [-0.2, 0) is 5.41 Å². The molecular weight excluding hydrogens is 737 g/mol. The predicted octanol–water partition coefficient (Wildman–Crippen LogP) is 15.4. The van der Waals surface area contributed by atoms with Gasteiger partial charge in [-0.3, -0.25) is 0 Å². The molecule has 0 N–H and O–H groups in total. The highest BCUT2D eigenvalue weighted by atomic mass is 15.1. The third kappa shape index (κ3) is 4.85. The van der Waals surface area contributed by atoms with Crippen LogP contribution in [0.15, 0.2) is 231 Å². The Kier molecular flexibility index (Phi) is 7.26. The van der Waals surface area contributed by atoms with E-state index < -0.39 is 0 Å². The number of rotatable bonds is 6. The van der Waals surface area contributed by atoms with E-state index in [1.807, 2.05) is 0 Å². The van der Waals surface area contributed by atoms with Crippen LogP contribution in [0.5, 0.6) is 0 Å². The molecule has 0 fully saturated rings. The van der Waals surface area contributed by atoms with Crippen molar-refractivity contribution in [3.8, 4) is 39.1 Å². The van der Waals surface area contributed by atoms with Gasteiger partial charge >= 0.3 is 0 Å². The van der Waals surface area contributed by atoms with Crippen LogP contribution in [0.4, 0.5) is 17.1 Å². The van der Waals surface area contributed by atoms with Gasteiger partial charge < -0.3 is 9.47 Å². The standard InChI is InChI=1S/C59H38N2/c1-2-12-39(13-3-1)40-24-29-44(30-25-40)60(46-33-35-47(36-34-46)61-56-22-8-5-17-50(56)51-18-6-9-23-57(51)61)45-31-26-41(27-32-45)43-28-37-49-48-16-4-7-19-52(48)59(55(49)38-43)53-20-10-14-42-15-11-21-54(59)58(42)53/h1-38H. The third-order valence-electron chi connectivity index (χ3n) is 13.4. The van der Waals surface area contributed by atoms with Gasteiger partial charge in [0.25, 0.3) is 0 Å². The molecule has 2 aliphatic rings. The van der Waals surface area contributed by atoms with Crippen molar-refractivity contribution in [3.63, 3.8) is 0 Å². The van der Waals surface area contributed by atoms with Crippen molar-refractivity contribution in [3.05, 3.63) is 253 Å². The van der Waals surface area contributed by atoms with Crippen molar-refractivity contribution in [2.24, 2.45) is 0 Å². The minimum absolute atomic E-state index is 0.258. The van der Waals surface area contributed by atoms with Crippen LogP contribution in [0.3, 0.4) is 0 Å². The number of anilines is 3. The van der Waals surface area contributed by atoms with Gasteiger partial charge in [0.15, 0.2) is 0 Å². The summed E-state index contributed by atoms with van der Waals surface area (Å²) >= 11 is 0. The number of hydrogen-bond donors (Lipinski definition) is 0. The van der Waals surface area contributed by atoms with E-state index in [2.05, 4.69) is 240 Å². The fraction of sp³-hybridized carbons (Fsp3) is 0.0169. The van der Waals surface area contributed by atoms with E-state index in [0.717, 1.165) is 22.7 Å². The zero-order valence-corrected chi connectivity index (χ0v) is 33.3. The van der Waals surface area contributed by atoms with Crippen LogP contribution in [0.1, 0.15) is 22.3 Å². The van der Waals surface area contributed by atoms with Crippen molar-refractivity contribution in [2.45, 2.75) is 5.41 Å². The summed E-state index contributed by atoms with van der Waals surface area (Å²) in [5.74, 6) is 0. The zero-order chi connectivity index (χ0) is 40.1. The fourth-order valence-electron chi connectivity index (χ4n) is 10.7. The normalized spacial score (nSPS) is 13.0. The number of para-hydroxylation sites is 2. The van der Waals surface area contributed by atoms with E-state index in [9.17, 15) is 0 Å². The molecule has 0 unspecified atom stereocenters. The van der Waals surface area contributed by atoms with Gasteiger partial charge in [-0.05, 0) is 133 Å². The molecule has 284 valence electrons. The Morgan fingerprint density at radius 1 is 0.328 bits per heavy atom. The van der Waals surface area contributed by atoms with Gasteiger partial charge in [0.2, 0.25) is 0 Å². The third-order valence-corrected chi connectivity index (χ3v) is 13.4. The number of nitrogens with zero attached hydrogens (tertiary/aromatic N) is 2. The van der Waals surface area contributed by atoms with Crippen LogP contribution < -0.4 is 4.90 Å². The van der Waals surface area contributed by atoms with Crippen LogP contribution in [0.25, 0.3) is 71.6 Å². The Morgan fingerprint density at radius 3 is 1.44 bits per heavy atom. The second-order valence-corrected chi connectivity index (χ2v) is 16.4. The molecule has 13 rings (SSSR count). The van der Waals surface area contributed by atoms with Crippen LogP contribution >= 0.6 is 0 Å². The molecule has 0 saturated heterocycles. The molecule has 1 spiro atoms. The van der Waals surface area contributed by atoms with Crippen LogP contribution in [0.2, 0.25) is 0 Å². The van der Waals surface area contributed by atoms with Gasteiger partial charge in [-0.2, -0.15) is 0 Å². The van der Waals surface area contributed by atoms with Crippen molar-refractivity contribution in [2.75, 3.05) is 4.90 Å². The second-order valence-electron chi connectivity index (χ2n) is 16.4. The number of hydrogen-bond acceptors (Lipinski definition) is 1. The minimum Gasteiger partial charge on any atom is -0.311 e. The average molecular weight is 775 g/mol. The van der Waals surface area contributed by atoms with Gasteiger partial charge in [0.1, 0.15) is 0 Å². The lowest BCUT2D eigenvalue weighted by Gasteiger charge is -2.43. The van der Waals surface area contributed by atoms with Crippen molar-refractivity contribution < 1.29 is 0 Å². The summed E-state index contributed by atoms with van der Waals surface area (Å²) in [6, 6.07) is 84.9. The predicted molar refractivity (Wildman–Crippen MR) is 255 cm³/mol. The molecule has 0 amide bonds. The number of aromatic nitrogens is 1. The van der Waals surface area contributed by atoms with Gasteiger partial charge in [-0.15, -0.1) is 0 Å². The summed E-state index contributed by atoms with van der Waals surface area (Å²) in [7, 11) is 0. The SMILES string of the molecule is c1ccc(-c2ccc(N(c3ccc(-c4ccc5c(c4)C4(c6ccccc6-5)c5cccc6cccc4c56)cc3)c3ccc(-n4c5ccccc5c5ccccc54)cc3)cc2)cc1. The number of benzene rings is 10. The molecule has 10 aromatic carbocycles. The highest BCUT2D eigenvalue weighted by molar-refractivity contribution is 6.09. The topological polar surface area (TPSA) is 8.17 Å². The lowest BCUT2D eigenvalue weighted by molar-refractivity contribution is 0.745. The summed E-state index contributed by atoms with van der Waals surface area (Å²) in [6.07, 6.45) is 0. The Balaban J connectivity index is 0.907. The molecule has 2 heteroatoms. The molecule has 0 bridgehead atoms. The maximum Gasteiger partial charge on any atom is 0.0725 e. The van der Waals surface area contributed by atoms with Crippen molar-refractivity contribution in [1.29, 1.82) is 0 Å². The maximum atomic E-state index is 2.46. The minimum atomic E-state index is -0.258. The lowest BCUT2D eigenvalue weighted by Crippen LogP contribution is -2.36. The first-order chi connectivity index (χ1) is 30.3. The molecule has 0 aliphatic heterocycles. The van der Waals surface area contributed by atoms with Gasteiger partial charge in [0, 0.05) is 33.5 Å². The summed E-state index contributed by atoms with van der Waals surface area (Å²) in [5.41, 5.74) is 19.7. The van der Waals surface area contributed by atoms with Gasteiger partial charge in [-0.25, -0.2) is 0 Å². The smallest absolute Gasteiger partial charge is 0.0725 e. The molecule has 2 nitrogen and oxygen atoms in total. The van der Waals surface area contributed by atoms with Crippen molar-refractivity contribution in [1.82, 2.24) is 4.57 Å². The molecule has 0 radical (unpaired) electrons. The monoisotopic (exact) mass is 774 g/mol. The largest absolute Gasteiger partial charge is 0.311 e.